The van der Waals surface area contributed by atoms with Gasteiger partial charge in [-0.25, -0.2) is 4.79 Å². The number of carbonyl (C=O) groups is 2. The van der Waals surface area contributed by atoms with Gasteiger partial charge in [-0.3, -0.25) is 4.79 Å². The normalized spacial score (nSPS) is 26.8. The molecule has 2 N–H and O–H groups in total. The summed E-state index contributed by atoms with van der Waals surface area (Å²) in [4.78, 5) is 25.0. The zero-order valence-electron chi connectivity index (χ0n) is 13.1. The molecule has 1 aliphatic carbocycles. The van der Waals surface area contributed by atoms with Crippen LogP contribution in [-0.2, 0) is 9.53 Å². The van der Waals surface area contributed by atoms with Crippen molar-refractivity contribution < 1.29 is 19.4 Å². The van der Waals surface area contributed by atoms with Gasteiger partial charge in [0.2, 0.25) is 0 Å². The maximum atomic E-state index is 12.3. The third kappa shape index (κ3) is 4.09. The van der Waals surface area contributed by atoms with E-state index in [1.165, 1.54) is 0 Å². The minimum atomic E-state index is -0.787. The summed E-state index contributed by atoms with van der Waals surface area (Å²) in [5, 5.41) is 11.9. The number of hydrogen-bond acceptors (Lipinski definition) is 3. The standard InChI is InChI=1S/C15H26N2O4/c1-11-8-17(10-14(2,3)21-11)13(20)16-9-15(5-4-6-15)7-12(18)19/h11H,4-10H2,1-3H3,(H,16,20)(H,18,19). The van der Waals surface area contributed by atoms with Gasteiger partial charge < -0.3 is 20.1 Å². The molecule has 0 aromatic heterocycles. The number of urea groups is 1. The fourth-order valence-corrected chi connectivity index (χ4v) is 3.40. The van der Waals surface area contributed by atoms with E-state index in [1.807, 2.05) is 20.8 Å². The Labute approximate surface area is 125 Å². The largest absolute Gasteiger partial charge is 0.481 e. The third-order valence-corrected chi connectivity index (χ3v) is 4.41. The van der Waals surface area contributed by atoms with Crippen molar-refractivity contribution in [3.8, 4) is 0 Å². The first-order valence-corrected chi connectivity index (χ1v) is 7.64. The van der Waals surface area contributed by atoms with Gasteiger partial charge in [-0.15, -0.1) is 0 Å². The summed E-state index contributed by atoms with van der Waals surface area (Å²) in [6.45, 7) is 7.47. The lowest BCUT2D eigenvalue weighted by atomic mass is 9.66. The van der Waals surface area contributed by atoms with Crippen molar-refractivity contribution in [1.29, 1.82) is 0 Å². The van der Waals surface area contributed by atoms with Gasteiger partial charge in [0.15, 0.2) is 0 Å². The molecule has 0 aromatic rings. The number of morpholine rings is 1. The first-order valence-electron chi connectivity index (χ1n) is 7.64. The summed E-state index contributed by atoms with van der Waals surface area (Å²) in [7, 11) is 0. The van der Waals surface area contributed by atoms with Gasteiger partial charge in [-0.1, -0.05) is 6.42 Å². The summed E-state index contributed by atoms with van der Waals surface area (Å²) in [6, 6.07) is -0.116. The Kier molecular flexibility index (Phi) is 4.46. The highest BCUT2D eigenvalue weighted by Crippen LogP contribution is 2.43. The molecule has 2 aliphatic rings. The zero-order valence-corrected chi connectivity index (χ0v) is 13.1. The Morgan fingerprint density at radius 2 is 2.05 bits per heavy atom. The van der Waals surface area contributed by atoms with Crippen LogP contribution >= 0.6 is 0 Å². The average molecular weight is 298 g/mol. The predicted octanol–water partition coefficient (Wildman–Crippen LogP) is 1.84. The number of ether oxygens (including phenoxy) is 1. The van der Waals surface area contributed by atoms with Crippen molar-refractivity contribution in [3.63, 3.8) is 0 Å². The number of carbonyl (C=O) groups excluding carboxylic acids is 1. The van der Waals surface area contributed by atoms with Gasteiger partial charge in [-0.05, 0) is 39.0 Å². The third-order valence-electron chi connectivity index (χ3n) is 4.41. The molecule has 120 valence electrons. The molecule has 6 nitrogen and oxygen atoms in total. The van der Waals surface area contributed by atoms with E-state index >= 15 is 0 Å². The number of rotatable bonds is 4. The van der Waals surface area contributed by atoms with Crippen LogP contribution in [0.5, 0.6) is 0 Å². The van der Waals surface area contributed by atoms with Gasteiger partial charge in [0.1, 0.15) is 0 Å². The molecule has 1 aliphatic heterocycles. The first-order chi connectivity index (χ1) is 9.71. The van der Waals surface area contributed by atoms with Gasteiger partial charge in [0.25, 0.3) is 0 Å². The topological polar surface area (TPSA) is 78.9 Å². The Bertz CT molecular complexity index is 418. The van der Waals surface area contributed by atoms with Crippen LogP contribution in [0.15, 0.2) is 0 Å². The molecule has 2 rings (SSSR count). The second kappa shape index (κ2) is 5.83. The maximum absolute atomic E-state index is 12.3. The molecular formula is C15H26N2O4. The van der Waals surface area contributed by atoms with Crippen LogP contribution in [0.2, 0.25) is 0 Å². The van der Waals surface area contributed by atoms with Gasteiger partial charge >= 0.3 is 12.0 Å². The fourth-order valence-electron chi connectivity index (χ4n) is 3.40. The number of nitrogens with one attached hydrogen (secondary N) is 1. The molecule has 1 saturated heterocycles. The minimum absolute atomic E-state index is 0.0104. The highest BCUT2D eigenvalue weighted by atomic mass is 16.5. The molecule has 2 fully saturated rings. The molecule has 6 heteroatoms. The van der Waals surface area contributed by atoms with E-state index in [0.717, 1.165) is 19.3 Å². The average Bonchev–Trinajstić information content (AvgIpc) is 2.29. The second-order valence-electron chi connectivity index (χ2n) is 7.15. The van der Waals surface area contributed by atoms with Crippen LogP contribution in [0.4, 0.5) is 4.79 Å². The Hall–Kier alpha value is -1.30. The molecule has 21 heavy (non-hydrogen) atoms. The van der Waals surface area contributed by atoms with Gasteiger partial charge in [0, 0.05) is 13.1 Å². The van der Waals surface area contributed by atoms with Crippen LogP contribution in [0.3, 0.4) is 0 Å². The summed E-state index contributed by atoms with van der Waals surface area (Å²) in [5.41, 5.74) is -0.584. The van der Waals surface area contributed by atoms with Crippen LogP contribution in [0.25, 0.3) is 0 Å². The van der Waals surface area contributed by atoms with Gasteiger partial charge in [-0.2, -0.15) is 0 Å². The van der Waals surface area contributed by atoms with Crippen molar-refractivity contribution in [2.75, 3.05) is 19.6 Å². The molecule has 0 aromatic carbocycles. The van der Waals surface area contributed by atoms with Crippen LogP contribution < -0.4 is 5.32 Å². The molecule has 0 radical (unpaired) electrons. The monoisotopic (exact) mass is 298 g/mol. The summed E-state index contributed by atoms with van der Waals surface area (Å²) < 4.78 is 5.79. The molecular weight excluding hydrogens is 272 g/mol. The fraction of sp³-hybridized carbons (Fsp3) is 0.867. The van der Waals surface area contributed by atoms with E-state index in [2.05, 4.69) is 5.32 Å². The predicted molar refractivity (Wildman–Crippen MR) is 78.1 cm³/mol. The summed E-state index contributed by atoms with van der Waals surface area (Å²) in [6.07, 6.45) is 2.95. The first kappa shape index (κ1) is 16.1. The maximum Gasteiger partial charge on any atom is 0.317 e. The van der Waals surface area contributed by atoms with Crippen LogP contribution in [0.1, 0.15) is 46.5 Å². The summed E-state index contributed by atoms with van der Waals surface area (Å²) in [5.74, 6) is -0.787. The number of carboxylic acids is 1. The number of aliphatic carboxylic acids is 1. The van der Waals surface area contributed by atoms with Gasteiger partial charge in [0.05, 0.1) is 24.7 Å². The Morgan fingerprint density at radius 3 is 2.52 bits per heavy atom. The number of carboxylic acid groups (broad SMARTS) is 1. The van der Waals surface area contributed by atoms with Crippen molar-refractivity contribution in [1.82, 2.24) is 10.2 Å². The van der Waals surface area contributed by atoms with Crippen molar-refractivity contribution in [2.45, 2.75) is 58.2 Å². The van der Waals surface area contributed by atoms with E-state index in [1.54, 1.807) is 4.90 Å². The molecule has 1 saturated carbocycles. The molecule has 1 atom stereocenters. The zero-order chi connectivity index (χ0) is 15.7. The molecule has 1 heterocycles. The number of hydrogen-bond donors (Lipinski definition) is 2. The van der Waals surface area contributed by atoms with Crippen LogP contribution in [0, 0.1) is 5.41 Å². The number of amides is 2. The lowest BCUT2D eigenvalue weighted by Gasteiger charge is -2.44. The molecule has 0 bridgehead atoms. The van der Waals surface area contributed by atoms with E-state index in [4.69, 9.17) is 9.84 Å². The molecule has 2 amide bonds. The quantitative estimate of drug-likeness (QED) is 0.830. The number of nitrogens with zero attached hydrogens (tertiary/aromatic N) is 1. The van der Waals surface area contributed by atoms with Crippen LogP contribution in [-0.4, -0.2) is 53.3 Å². The smallest absolute Gasteiger partial charge is 0.317 e. The molecule has 0 spiro atoms. The highest BCUT2D eigenvalue weighted by molar-refractivity contribution is 5.74. The lowest BCUT2D eigenvalue weighted by molar-refractivity contribution is -0.141. The molecule has 1 unspecified atom stereocenters. The van der Waals surface area contributed by atoms with E-state index in [0.29, 0.717) is 19.6 Å². The van der Waals surface area contributed by atoms with Crippen molar-refractivity contribution in [3.05, 3.63) is 0 Å². The van der Waals surface area contributed by atoms with Crippen molar-refractivity contribution >= 4 is 12.0 Å². The Morgan fingerprint density at radius 1 is 1.38 bits per heavy atom. The SMILES string of the molecule is CC1CN(C(=O)NCC2(CC(=O)O)CCC2)CC(C)(C)O1. The second-order valence-corrected chi connectivity index (χ2v) is 7.15. The Balaban J connectivity index is 1.88. The highest BCUT2D eigenvalue weighted by Gasteiger charge is 2.40. The van der Waals surface area contributed by atoms with E-state index in [-0.39, 0.29) is 29.6 Å². The summed E-state index contributed by atoms with van der Waals surface area (Å²) >= 11 is 0. The van der Waals surface area contributed by atoms with E-state index in [9.17, 15) is 9.59 Å². The lowest BCUT2D eigenvalue weighted by Crippen LogP contribution is -2.57. The van der Waals surface area contributed by atoms with E-state index < -0.39 is 5.97 Å². The minimum Gasteiger partial charge on any atom is -0.481 e. The van der Waals surface area contributed by atoms with Crippen molar-refractivity contribution in [2.24, 2.45) is 5.41 Å².